The van der Waals surface area contributed by atoms with Crippen LogP contribution in [0.4, 0.5) is 0 Å². The van der Waals surface area contributed by atoms with Gasteiger partial charge in [0.2, 0.25) is 0 Å². The summed E-state index contributed by atoms with van der Waals surface area (Å²) in [4.78, 5) is 0. The van der Waals surface area contributed by atoms with Crippen LogP contribution in [0.25, 0.3) is 5.57 Å². The zero-order valence-electron chi connectivity index (χ0n) is 8.75. The molecule has 0 amide bonds. The van der Waals surface area contributed by atoms with Crippen molar-refractivity contribution in [1.82, 2.24) is 0 Å². The SMILES string of the molecule is CC=C(CC(C)C)c1ccccc1. The molecule has 1 rings (SSSR count). The summed E-state index contributed by atoms with van der Waals surface area (Å²) in [6.45, 7) is 6.63. The van der Waals surface area contributed by atoms with Crippen molar-refractivity contribution in [3.05, 3.63) is 42.0 Å². The van der Waals surface area contributed by atoms with Gasteiger partial charge in [-0.1, -0.05) is 50.3 Å². The molecule has 0 heterocycles. The van der Waals surface area contributed by atoms with Gasteiger partial charge in [-0.25, -0.2) is 0 Å². The van der Waals surface area contributed by atoms with Gasteiger partial charge in [-0.05, 0) is 30.4 Å². The lowest BCUT2D eigenvalue weighted by molar-refractivity contribution is 0.673. The summed E-state index contributed by atoms with van der Waals surface area (Å²) in [6.07, 6.45) is 3.38. The van der Waals surface area contributed by atoms with Crippen LogP contribution in [0.3, 0.4) is 0 Å². The van der Waals surface area contributed by atoms with Crippen LogP contribution in [0.15, 0.2) is 36.4 Å². The van der Waals surface area contributed by atoms with Crippen molar-refractivity contribution in [1.29, 1.82) is 0 Å². The highest BCUT2D eigenvalue weighted by Crippen LogP contribution is 2.21. The smallest absolute Gasteiger partial charge is 0.0228 e. The van der Waals surface area contributed by atoms with Crippen LogP contribution in [0.5, 0.6) is 0 Å². The first-order chi connectivity index (χ1) is 6.24. The molecule has 13 heavy (non-hydrogen) atoms. The highest BCUT2D eigenvalue weighted by molar-refractivity contribution is 5.65. The second kappa shape index (κ2) is 4.86. The van der Waals surface area contributed by atoms with Gasteiger partial charge in [-0.15, -0.1) is 0 Å². The lowest BCUT2D eigenvalue weighted by Gasteiger charge is -2.09. The first kappa shape index (κ1) is 10.0. The quantitative estimate of drug-likeness (QED) is 0.646. The summed E-state index contributed by atoms with van der Waals surface area (Å²) >= 11 is 0. The molecule has 1 aromatic carbocycles. The van der Waals surface area contributed by atoms with Crippen molar-refractivity contribution in [2.24, 2.45) is 5.92 Å². The molecule has 1 aromatic rings. The first-order valence-electron chi connectivity index (χ1n) is 4.94. The minimum absolute atomic E-state index is 0.728. The van der Waals surface area contributed by atoms with E-state index in [9.17, 15) is 0 Å². The van der Waals surface area contributed by atoms with E-state index in [4.69, 9.17) is 0 Å². The highest BCUT2D eigenvalue weighted by Gasteiger charge is 2.01. The average molecular weight is 174 g/mol. The molecule has 0 bridgehead atoms. The van der Waals surface area contributed by atoms with Crippen LogP contribution in [-0.2, 0) is 0 Å². The molecular weight excluding hydrogens is 156 g/mol. The molecule has 0 N–H and O–H groups in total. The van der Waals surface area contributed by atoms with Crippen molar-refractivity contribution in [2.45, 2.75) is 27.2 Å². The van der Waals surface area contributed by atoms with Gasteiger partial charge in [-0.3, -0.25) is 0 Å². The Balaban J connectivity index is 2.80. The van der Waals surface area contributed by atoms with Crippen molar-refractivity contribution >= 4 is 5.57 Å². The van der Waals surface area contributed by atoms with Gasteiger partial charge in [0.1, 0.15) is 0 Å². The summed E-state index contributed by atoms with van der Waals surface area (Å²) in [5.74, 6) is 0.728. The molecular formula is C13H18. The maximum atomic E-state index is 2.26. The number of allylic oxidation sites excluding steroid dienone is 2. The molecule has 0 aliphatic carbocycles. The topological polar surface area (TPSA) is 0 Å². The van der Waals surface area contributed by atoms with Crippen molar-refractivity contribution < 1.29 is 0 Å². The molecule has 0 nitrogen and oxygen atoms in total. The van der Waals surface area contributed by atoms with Crippen molar-refractivity contribution in [3.63, 3.8) is 0 Å². The van der Waals surface area contributed by atoms with E-state index >= 15 is 0 Å². The summed E-state index contributed by atoms with van der Waals surface area (Å²) in [6, 6.07) is 10.6. The van der Waals surface area contributed by atoms with E-state index in [1.165, 1.54) is 17.6 Å². The van der Waals surface area contributed by atoms with E-state index in [0.29, 0.717) is 0 Å². The fraction of sp³-hybridized carbons (Fsp3) is 0.385. The maximum absolute atomic E-state index is 2.26. The van der Waals surface area contributed by atoms with E-state index in [-0.39, 0.29) is 0 Å². The van der Waals surface area contributed by atoms with Gasteiger partial charge in [0, 0.05) is 0 Å². The number of rotatable bonds is 3. The fourth-order valence-electron chi connectivity index (χ4n) is 1.49. The van der Waals surface area contributed by atoms with Gasteiger partial charge in [0.05, 0.1) is 0 Å². The third-order valence-electron chi connectivity index (χ3n) is 2.12. The van der Waals surface area contributed by atoms with Gasteiger partial charge in [0.15, 0.2) is 0 Å². The molecule has 0 atom stereocenters. The largest absolute Gasteiger partial charge is 0.0838 e. The van der Waals surface area contributed by atoms with Crippen molar-refractivity contribution in [2.75, 3.05) is 0 Å². The Morgan fingerprint density at radius 3 is 2.31 bits per heavy atom. The Labute approximate surface area is 81.3 Å². The van der Waals surface area contributed by atoms with Gasteiger partial charge >= 0.3 is 0 Å². The molecule has 0 aliphatic heterocycles. The summed E-state index contributed by atoms with van der Waals surface area (Å²) in [7, 11) is 0. The highest BCUT2D eigenvalue weighted by atomic mass is 14.1. The standard InChI is InChI=1S/C13H18/c1-4-12(10-11(2)3)13-8-6-5-7-9-13/h4-9,11H,10H2,1-3H3. The Bertz CT molecular complexity index is 267. The number of hydrogen-bond acceptors (Lipinski definition) is 0. The second-order valence-electron chi connectivity index (χ2n) is 3.78. The first-order valence-corrected chi connectivity index (χ1v) is 4.94. The fourth-order valence-corrected chi connectivity index (χ4v) is 1.49. The molecule has 70 valence electrons. The maximum Gasteiger partial charge on any atom is -0.0228 e. The number of hydrogen-bond donors (Lipinski definition) is 0. The van der Waals surface area contributed by atoms with E-state index in [0.717, 1.165) is 5.92 Å². The third-order valence-corrected chi connectivity index (χ3v) is 2.12. The zero-order chi connectivity index (χ0) is 9.68. The molecule has 0 aromatic heterocycles. The molecule has 0 saturated carbocycles. The van der Waals surface area contributed by atoms with Crippen LogP contribution in [-0.4, -0.2) is 0 Å². The minimum Gasteiger partial charge on any atom is -0.0838 e. The monoisotopic (exact) mass is 174 g/mol. The summed E-state index contributed by atoms with van der Waals surface area (Å²) < 4.78 is 0. The van der Waals surface area contributed by atoms with Crippen molar-refractivity contribution in [3.8, 4) is 0 Å². The molecule has 0 spiro atoms. The van der Waals surface area contributed by atoms with E-state index in [1.807, 2.05) is 0 Å². The molecule has 0 fully saturated rings. The van der Waals surface area contributed by atoms with Crippen LogP contribution in [0.1, 0.15) is 32.8 Å². The Kier molecular flexibility index (Phi) is 3.75. The molecule has 0 unspecified atom stereocenters. The molecule has 0 radical (unpaired) electrons. The summed E-state index contributed by atoms with van der Waals surface area (Å²) in [5, 5.41) is 0. The van der Waals surface area contributed by atoms with E-state index < -0.39 is 0 Å². The minimum atomic E-state index is 0.728. The third kappa shape index (κ3) is 3.06. The van der Waals surface area contributed by atoms with Crippen LogP contribution >= 0.6 is 0 Å². The lowest BCUT2D eigenvalue weighted by atomic mass is 9.96. The van der Waals surface area contributed by atoms with Crippen LogP contribution in [0, 0.1) is 5.92 Å². The van der Waals surface area contributed by atoms with Gasteiger partial charge in [0.25, 0.3) is 0 Å². The van der Waals surface area contributed by atoms with Gasteiger partial charge < -0.3 is 0 Å². The van der Waals surface area contributed by atoms with Crippen LogP contribution < -0.4 is 0 Å². The van der Waals surface area contributed by atoms with E-state index in [2.05, 4.69) is 57.2 Å². The normalized spacial score (nSPS) is 12.2. The zero-order valence-corrected chi connectivity index (χ0v) is 8.75. The van der Waals surface area contributed by atoms with Gasteiger partial charge in [-0.2, -0.15) is 0 Å². The predicted molar refractivity (Wildman–Crippen MR) is 59.5 cm³/mol. The average Bonchev–Trinajstić information content (AvgIpc) is 2.15. The Morgan fingerprint density at radius 1 is 1.23 bits per heavy atom. The Hall–Kier alpha value is -1.04. The second-order valence-corrected chi connectivity index (χ2v) is 3.78. The molecule has 0 saturated heterocycles. The predicted octanol–water partition coefficient (Wildman–Crippen LogP) is 4.14. The summed E-state index contributed by atoms with van der Waals surface area (Å²) in [5.41, 5.74) is 2.81. The molecule has 0 heteroatoms. The Morgan fingerprint density at radius 2 is 1.85 bits per heavy atom. The molecule has 0 aliphatic rings. The number of benzene rings is 1. The van der Waals surface area contributed by atoms with Crippen LogP contribution in [0.2, 0.25) is 0 Å². The van der Waals surface area contributed by atoms with E-state index in [1.54, 1.807) is 0 Å². The lowest BCUT2D eigenvalue weighted by Crippen LogP contribution is -1.91.